The fourth-order valence-electron chi connectivity index (χ4n) is 5.00. The number of hydrogen-bond donors (Lipinski definition) is 7. The molecule has 0 aromatic heterocycles. The number of nitrogens with one attached hydrogen (secondary N) is 7. The summed E-state index contributed by atoms with van der Waals surface area (Å²) in [5, 5.41) is 16.2. The fraction of sp³-hybridized carbons (Fsp3) is 0.341. The molecule has 0 saturated heterocycles. The zero-order valence-electron chi connectivity index (χ0n) is 33.7. The van der Waals surface area contributed by atoms with Gasteiger partial charge in [0.05, 0.1) is 26.2 Å². The second kappa shape index (κ2) is 26.2. The number of alkyl carbamates (subject to hydrolysis) is 2. The Labute approximate surface area is 356 Å². The van der Waals surface area contributed by atoms with Gasteiger partial charge in [-0.1, -0.05) is 103 Å². The molecule has 0 saturated carbocycles. The van der Waals surface area contributed by atoms with Crippen molar-refractivity contribution in [3.8, 4) is 0 Å². The Morgan fingerprint density at radius 2 is 0.951 bits per heavy atom. The van der Waals surface area contributed by atoms with Gasteiger partial charge < -0.3 is 51.4 Å². The number of esters is 1. The molecule has 3 aromatic rings. The molecular weight excluding hydrogens is 815 g/mol. The molecule has 0 aliphatic carbocycles. The first-order valence-corrected chi connectivity index (χ1v) is 19.9. The quantitative estimate of drug-likeness (QED) is 0.0540. The molecular formula is C41H49N7O12S. The van der Waals surface area contributed by atoms with Gasteiger partial charge in [-0.15, -0.1) is 0 Å². The summed E-state index contributed by atoms with van der Waals surface area (Å²) in [6.45, 7) is 0.968. The second-order valence-corrected chi connectivity index (χ2v) is 14.2. The van der Waals surface area contributed by atoms with Crippen molar-refractivity contribution >= 4 is 64.6 Å². The summed E-state index contributed by atoms with van der Waals surface area (Å²) >= 11 is 0.616. The van der Waals surface area contributed by atoms with Gasteiger partial charge in [0, 0.05) is 12.2 Å². The van der Waals surface area contributed by atoms with Crippen molar-refractivity contribution in [1.29, 1.82) is 0 Å². The lowest BCUT2D eigenvalue weighted by Crippen LogP contribution is -2.55. The largest absolute Gasteiger partial charge is 0.468 e. The van der Waals surface area contributed by atoms with Crippen LogP contribution < -0.4 is 37.2 Å². The third-order valence-electron chi connectivity index (χ3n) is 8.30. The Morgan fingerprint density at radius 1 is 0.525 bits per heavy atom. The number of hydrogen-bond acceptors (Lipinski definition) is 13. The first kappa shape index (κ1) is 48.4. The van der Waals surface area contributed by atoms with Gasteiger partial charge in [0.25, 0.3) is 0 Å². The first-order valence-electron chi connectivity index (χ1n) is 18.9. The Hall–Kier alpha value is -6.96. The lowest BCUT2D eigenvalue weighted by atomic mass is 10.1. The highest BCUT2D eigenvalue weighted by Crippen LogP contribution is 2.10. The molecule has 0 unspecified atom stereocenters. The summed E-state index contributed by atoms with van der Waals surface area (Å²) in [5.41, 5.74) is 2.13. The Morgan fingerprint density at radius 3 is 1.46 bits per heavy atom. The molecule has 4 atom stereocenters. The average Bonchev–Trinajstić information content (AvgIpc) is 3.26. The minimum atomic E-state index is -1.40. The maximum atomic E-state index is 13.4. The normalized spacial score (nSPS) is 12.4. The maximum absolute atomic E-state index is 13.4. The van der Waals surface area contributed by atoms with Crippen molar-refractivity contribution in [3.05, 3.63) is 108 Å². The van der Waals surface area contributed by atoms with Crippen LogP contribution in [0.1, 0.15) is 30.5 Å². The zero-order chi connectivity index (χ0) is 44.6. The summed E-state index contributed by atoms with van der Waals surface area (Å²) < 4.78 is 14.8. The molecule has 0 aliphatic rings. The molecule has 61 heavy (non-hydrogen) atoms. The summed E-state index contributed by atoms with van der Waals surface area (Å²) in [5.74, 6) is -5.08. The summed E-state index contributed by atoms with van der Waals surface area (Å²) in [6, 6.07) is 21.6. The predicted octanol–water partition coefficient (Wildman–Crippen LogP) is 0.610. The van der Waals surface area contributed by atoms with Gasteiger partial charge in [0.2, 0.25) is 34.7 Å². The van der Waals surface area contributed by atoms with Crippen LogP contribution in [-0.4, -0.2) is 109 Å². The minimum Gasteiger partial charge on any atom is -0.468 e. The maximum Gasteiger partial charge on any atom is 0.408 e. The molecule has 0 spiro atoms. The van der Waals surface area contributed by atoms with E-state index in [9.17, 15) is 43.2 Å². The number of rotatable bonds is 22. The van der Waals surface area contributed by atoms with Gasteiger partial charge >= 0.3 is 18.2 Å². The van der Waals surface area contributed by atoms with Crippen molar-refractivity contribution in [2.75, 3.05) is 32.5 Å². The molecule has 0 aliphatic heterocycles. The van der Waals surface area contributed by atoms with E-state index in [2.05, 4.69) is 42.0 Å². The molecule has 7 amide bonds. The molecule has 7 N–H and O–H groups in total. The van der Waals surface area contributed by atoms with Gasteiger partial charge in [0.15, 0.2) is 0 Å². The molecule has 0 radical (unpaired) electrons. The number of ether oxygens (including phenoxy) is 3. The second-order valence-electron chi connectivity index (χ2n) is 13.1. The van der Waals surface area contributed by atoms with Gasteiger partial charge in [-0.3, -0.25) is 33.6 Å². The zero-order valence-corrected chi connectivity index (χ0v) is 34.5. The van der Waals surface area contributed by atoms with Crippen LogP contribution in [0.3, 0.4) is 0 Å². The van der Waals surface area contributed by atoms with E-state index in [1.54, 1.807) is 84.9 Å². The Balaban J connectivity index is 1.54. The van der Waals surface area contributed by atoms with E-state index in [4.69, 9.17) is 9.47 Å². The van der Waals surface area contributed by atoms with Crippen LogP contribution in [0.4, 0.5) is 9.59 Å². The molecule has 0 heterocycles. The van der Waals surface area contributed by atoms with E-state index in [0.29, 0.717) is 17.3 Å². The monoisotopic (exact) mass is 863 g/mol. The lowest BCUT2D eigenvalue weighted by molar-refractivity contribution is -0.141. The molecule has 3 rings (SSSR count). The Kier molecular flexibility index (Phi) is 20.8. The minimum absolute atomic E-state index is 0.0114. The van der Waals surface area contributed by atoms with Crippen LogP contribution in [0.5, 0.6) is 0 Å². The SMILES string of the molecule is COC(=O)CNC(=O)[C@H](CSC(=O)[C@H](C)NC(=O)OCc1ccccc1)NC(=O)CNC(=O)[C@H](Cc1ccccc1)NC(=O)CNC(=O)[C@H](C)NC(=O)OCc1ccccc1. The molecule has 326 valence electrons. The third kappa shape index (κ3) is 19.1. The lowest BCUT2D eigenvalue weighted by Gasteiger charge is -2.21. The van der Waals surface area contributed by atoms with Crippen molar-refractivity contribution in [2.24, 2.45) is 0 Å². The molecule has 0 bridgehead atoms. The van der Waals surface area contributed by atoms with Crippen LogP contribution in [-0.2, 0) is 67.4 Å². The standard InChI is InChI=1S/C41H49N7O12S/c1-26(45-40(56)59-23-29-15-9-5-10-16-29)36(52)42-20-33(49)47-31(19-28-13-7-4-8-14-28)37(53)43-21-34(50)48-32(38(54)44-22-35(51)58-3)25-61-39(55)27(2)46-41(57)60-24-30-17-11-6-12-18-30/h4-18,26-27,31-32H,19-25H2,1-3H3,(H,42,52)(H,43,53)(H,44,54)(H,45,56)(H,46,57)(H,47,49)(H,48,50)/t26-,27-,31-,32-/m0/s1. The highest BCUT2D eigenvalue weighted by molar-refractivity contribution is 8.13. The van der Waals surface area contributed by atoms with E-state index in [-0.39, 0.29) is 25.4 Å². The van der Waals surface area contributed by atoms with Gasteiger partial charge in [0.1, 0.15) is 37.9 Å². The number of benzene rings is 3. The van der Waals surface area contributed by atoms with E-state index >= 15 is 0 Å². The molecule has 20 heteroatoms. The molecule has 19 nitrogen and oxygen atoms in total. The Bertz CT molecular complexity index is 1960. The highest BCUT2D eigenvalue weighted by Gasteiger charge is 2.27. The number of amides is 7. The topological polar surface area (TPSA) is 266 Å². The van der Waals surface area contributed by atoms with Gasteiger partial charge in [-0.2, -0.15) is 0 Å². The molecule has 0 fully saturated rings. The van der Waals surface area contributed by atoms with Crippen molar-refractivity contribution in [3.63, 3.8) is 0 Å². The summed E-state index contributed by atoms with van der Waals surface area (Å²) in [7, 11) is 1.11. The fourth-order valence-corrected chi connectivity index (χ4v) is 5.87. The van der Waals surface area contributed by atoms with Gasteiger partial charge in [-0.05, 0) is 30.5 Å². The smallest absolute Gasteiger partial charge is 0.408 e. The van der Waals surface area contributed by atoms with E-state index in [0.717, 1.165) is 18.2 Å². The molecule has 3 aromatic carbocycles. The number of carbonyl (C=O) groups excluding carboxylic acids is 9. The number of methoxy groups -OCH3 is 1. The first-order chi connectivity index (χ1) is 29.2. The van der Waals surface area contributed by atoms with Crippen molar-refractivity contribution in [2.45, 2.75) is 57.6 Å². The average molecular weight is 864 g/mol. The van der Waals surface area contributed by atoms with E-state index in [1.165, 1.54) is 13.8 Å². The van der Waals surface area contributed by atoms with Crippen LogP contribution >= 0.6 is 11.8 Å². The van der Waals surface area contributed by atoms with Crippen LogP contribution in [0, 0.1) is 0 Å². The number of thioether (sulfide) groups is 1. The summed E-state index contributed by atoms with van der Waals surface area (Å²) in [6.07, 6.45) is -1.71. The van der Waals surface area contributed by atoms with Crippen molar-refractivity contribution in [1.82, 2.24) is 37.2 Å². The highest BCUT2D eigenvalue weighted by atomic mass is 32.2. The van der Waals surface area contributed by atoms with Crippen LogP contribution in [0.2, 0.25) is 0 Å². The van der Waals surface area contributed by atoms with E-state index in [1.807, 2.05) is 6.07 Å². The van der Waals surface area contributed by atoms with Crippen molar-refractivity contribution < 1.29 is 57.4 Å². The number of carbonyl (C=O) groups is 9. The van der Waals surface area contributed by atoms with Crippen LogP contribution in [0.15, 0.2) is 91.0 Å². The van der Waals surface area contributed by atoms with Crippen LogP contribution in [0.25, 0.3) is 0 Å². The predicted molar refractivity (Wildman–Crippen MR) is 221 cm³/mol. The summed E-state index contributed by atoms with van der Waals surface area (Å²) in [4.78, 5) is 114. The van der Waals surface area contributed by atoms with Gasteiger partial charge in [-0.25, -0.2) is 9.59 Å². The third-order valence-corrected chi connectivity index (χ3v) is 9.44. The van der Waals surface area contributed by atoms with E-state index < -0.39 is 96.6 Å².